The van der Waals surface area contributed by atoms with E-state index in [0.717, 1.165) is 10.9 Å². The standard InChI is InChI=1S/C16H24N4O16P2.2Na/c1-4-7(21)9(23)11(25)15(33-4)35-38(30,31)36-37(28,29)32-2-5-8(22)10(24)14(34-5)20-3-17-6-12(20)18-16(27)19-13(6)26;;/h3-5,7-11,14-15,21-25H,2H2,1H3,(H,28,29)(H,30,31)(H2,18,19,26,27);;/q;2*+1/p-2/t4-,5+,7-,8+,9-,10+,11-,14+,15+;;/m0../s1. The van der Waals surface area contributed by atoms with Gasteiger partial charge in [0.25, 0.3) is 21.2 Å². The van der Waals surface area contributed by atoms with Crippen LogP contribution in [0.5, 0.6) is 0 Å². The Hall–Kier alpha value is 0.130. The number of rotatable bonds is 8. The van der Waals surface area contributed by atoms with Gasteiger partial charge >= 0.3 is 64.8 Å². The number of aliphatic hydroxyl groups excluding tert-OH is 5. The van der Waals surface area contributed by atoms with E-state index in [4.69, 9.17) is 9.47 Å². The Morgan fingerprint density at radius 1 is 0.975 bits per heavy atom. The summed E-state index contributed by atoms with van der Waals surface area (Å²) in [4.78, 5) is 55.6. The van der Waals surface area contributed by atoms with Gasteiger partial charge in [-0.15, -0.1) is 0 Å². The molecule has 2 aliphatic heterocycles. The molecule has 2 aliphatic rings. The van der Waals surface area contributed by atoms with Crippen LogP contribution in [0.25, 0.3) is 11.2 Å². The van der Waals surface area contributed by atoms with Crippen LogP contribution in [0.15, 0.2) is 15.9 Å². The molecule has 20 nitrogen and oxygen atoms in total. The van der Waals surface area contributed by atoms with Gasteiger partial charge in [-0.2, -0.15) is 0 Å². The first-order chi connectivity index (χ1) is 17.6. The average Bonchev–Trinajstić information content (AvgIpc) is 3.35. The Bertz CT molecular complexity index is 1390. The summed E-state index contributed by atoms with van der Waals surface area (Å²) in [5.41, 5.74) is -2.17. The number of aromatic amines is 2. The zero-order chi connectivity index (χ0) is 28.2. The molecule has 7 N–H and O–H groups in total. The molecule has 2 fully saturated rings. The minimum absolute atomic E-state index is 0. The van der Waals surface area contributed by atoms with Gasteiger partial charge in [-0.1, -0.05) is 0 Å². The van der Waals surface area contributed by atoms with Gasteiger partial charge in [0.15, 0.2) is 18.0 Å². The van der Waals surface area contributed by atoms with Crippen LogP contribution in [0.2, 0.25) is 0 Å². The number of hydrogen-bond donors (Lipinski definition) is 7. The molecule has 0 saturated carbocycles. The number of fused-ring (bicyclic) bond motifs is 1. The van der Waals surface area contributed by atoms with Crippen LogP contribution in [0.4, 0.5) is 0 Å². The number of imidazole rings is 1. The van der Waals surface area contributed by atoms with Crippen molar-refractivity contribution in [3.8, 4) is 0 Å². The van der Waals surface area contributed by atoms with E-state index in [9.17, 15) is 54.0 Å². The van der Waals surface area contributed by atoms with E-state index in [1.54, 1.807) is 0 Å². The Kier molecular flexibility index (Phi) is 12.6. The van der Waals surface area contributed by atoms with E-state index in [0.29, 0.717) is 0 Å². The molecule has 24 heteroatoms. The second-order valence-electron chi connectivity index (χ2n) is 8.36. The molecule has 2 unspecified atom stereocenters. The van der Waals surface area contributed by atoms with E-state index >= 15 is 0 Å². The van der Waals surface area contributed by atoms with Crippen molar-refractivity contribution in [1.82, 2.24) is 19.5 Å². The second kappa shape index (κ2) is 13.8. The first-order valence-electron chi connectivity index (χ1n) is 10.7. The van der Waals surface area contributed by atoms with Gasteiger partial charge in [0, 0.05) is 0 Å². The number of nitrogens with zero attached hydrogens (tertiary/aromatic N) is 2. The van der Waals surface area contributed by atoms with Crippen LogP contribution in [0.3, 0.4) is 0 Å². The topological polar surface area (TPSA) is 311 Å². The van der Waals surface area contributed by atoms with Crippen molar-refractivity contribution in [2.75, 3.05) is 6.61 Å². The molecule has 214 valence electrons. The summed E-state index contributed by atoms with van der Waals surface area (Å²) in [5.74, 6) is 0. The van der Waals surface area contributed by atoms with E-state index in [1.165, 1.54) is 6.92 Å². The minimum atomic E-state index is -5.83. The van der Waals surface area contributed by atoms with Gasteiger partial charge in [-0.3, -0.25) is 33.0 Å². The molecule has 0 amide bonds. The maximum Gasteiger partial charge on any atom is 1.00 e. The Morgan fingerprint density at radius 3 is 2.27 bits per heavy atom. The molecule has 2 aromatic rings. The number of aromatic nitrogens is 4. The van der Waals surface area contributed by atoms with Crippen molar-refractivity contribution in [3.63, 3.8) is 0 Å². The van der Waals surface area contributed by atoms with Crippen LogP contribution in [0.1, 0.15) is 13.2 Å². The van der Waals surface area contributed by atoms with Gasteiger partial charge < -0.3 is 49.3 Å². The smallest absolute Gasteiger partial charge is 0.756 e. The van der Waals surface area contributed by atoms with Gasteiger partial charge in [0.05, 0.1) is 19.0 Å². The largest absolute Gasteiger partial charge is 1.00 e. The zero-order valence-electron chi connectivity index (χ0n) is 21.0. The second-order valence-corrected chi connectivity index (χ2v) is 11.3. The molecule has 4 rings (SSSR count). The third-order valence-corrected chi connectivity index (χ3v) is 8.25. The quantitative estimate of drug-likeness (QED) is 0.105. The monoisotopic (exact) mass is 634 g/mol. The summed E-state index contributed by atoms with van der Waals surface area (Å²) in [6.45, 7) is 0.134. The fraction of sp³-hybridized carbons (Fsp3) is 0.688. The van der Waals surface area contributed by atoms with Crippen molar-refractivity contribution in [3.05, 3.63) is 27.2 Å². The van der Waals surface area contributed by atoms with Crippen molar-refractivity contribution >= 4 is 26.8 Å². The van der Waals surface area contributed by atoms with Crippen molar-refractivity contribution in [2.24, 2.45) is 0 Å². The van der Waals surface area contributed by atoms with Gasteiger partial charge in [0.1, 0.15) is 42.3 Å². The molecular weight excluding hydrogens is 612 g/mol. The van der Waals surface area contributed by atoms with E-state index in [2.05, 4.69) is 23.3 Å². The molecule has 0 aliphatic carbocycles. The zero-order valence-corrected chi connectivity index (χ0v) is 26.8. The fourth-order valence-electron chi connectivity index (χ4n) is 3.80. The normalized spacial score (nSPS) is 35.4. The predicted octanol–water partition coefficient (Wildman–Crippen LogP) is -11.1. The van der Waals surface area contributed by atoms with Crippen LogP contribution >= 0.6 is 15.6 Å². The first kappa shape index (κ1) is 36.3. The molecule has 40 heavy (non-hydrogen) atoms. The van der Waals surface area contributed by atoms with E-state index < -0.39 is 88.7 Å². The molecule has 0 aromatic carbocycles. The van der Waals surface area contributed by atoms with Crippen LogP contribution in [-0.4, -0.2) is 101 Å². The fourth-order valence-corrected chi connectivity index (χ4v) is 5.88. The number of phosphoric acid groups is 2. The summed E-state index contributed by atoms with van der Waals surface area (Å²) in [7, 11) is -11.6. The number of hydrogen-bond acceptors (Lipinski definition) is 17. The number of phosphoric ester groups is 2. The van der Waals surface area contributed by atoms with Crippen LogP contribution < -0.4 is 80.2 Å². The van der Waals surface area contributed by atoms with Gasteiger partial charge in [-0.25, -0.2) is 14.1 Å². The SMILES string of the molecule is C[C@@H]1O[C@H](OP(=O)([O-])OP(=O)([O-])OC[C@H]2O[C@@H](n3cnc4c(=O)[nH]c(=O)[nH]c43)[C@H](O)[C@@H]2O)[C@@H](O)[C@@H](O)[C@H]1O.[Na+].[Na+]. The minimum Gasteiger partial charge on any atom is -0.756 e. The maximum absolute atomic E-state index is 12.1. The van der Waals surface area contributed by atoms with Crippen LogP contribution in [0, 0.1) is 0 Å². The number of aliphatic hydroxyl groups is 5. The first-order valence-corrected chi connectivity index (χ1v) is 13.6. The average molecular weight is 634 g/mol. The molecule has 0 spiro atoms. The third-order valence-electron chi connectivity index (χ3n) is 5.72. The van der Waals surface area contributed by atoms with E-state index in [-0.39, 0.29) is 70.3 Å². The van der Waals surface area contributed by atoms with Gasteiger partial charge in [0.2, 0.25) is 0 Å². The van der Waals surface area contributed by atoms with Crippen molar-refractivity contribution < 1.29 is 126 Å². The number of ether oxygens (including phenoxy) is 2. The summed E-state index contributed by atoms with van der Waals surface area (Å²) in [6, 6.07) is 0. The number of H-pyrrole nitrogens is 2. The summed E-state index contributed by atoms with van der Waals surface area (Å²) in [5, 5.41) is 49.8. The third kappa shape index (κ3) is 7.79. The summed E-state index contributed by atoms with van der Waals surface area (Å²) in [6.07, 6.45) is -14.6. The molecule has 0 radical (unpaired) electrons. The molecule has 2 aromatic heterocycles. The maximum atomic E-state index is 12.1. The Labute approximate surface area is 267 Å². The molecule has 4 heterocycles. The van der Waals surface area contributed by atoms with Crippen molar-refractivity contribution in [1.29, 1.82) is 0 Å². The molecule has 2 saturated heterocycles. The van der Waals surface area contributed by atoms with Crippen LogP contribution in [-0.2, 0) is 32.0 Å². The summed E-state index contributed by atoms with van der Waals surface area (Å²) >= 11 is 0. The van der Waals surface area contributed by atoms with E-state index in [1.807, 2.05) is 4.98 Å². The molecular formula is C16H22N4Na2O16P2. The molecule has 11 atom stereocenters. The van der Waals surface area contributed by atoms with Crippen molar-refractivity contribution in [2.45, 2.75) is 62.2 Å². The Balaban J connectivity index is 0.00000280. The summed E-state index contributed by atoms with van der Waals surface area (Å²) < 4.78 is 48.1. The molecule has 0 bridgehead atoms. The predicted molar refractivity (Wildman–Crippen MR) is 113 cm³/mol. The number of nitrogens with one attached hydrogen (secondary N) is 2. The Morgan fingerprint density at radius 2 is 1.62 bits per heavy atom. The van der Waals surface area contributed by atoms with Gasteiger partial charge in [-0.05, 0) is 6.92 Å².